The molecule has 0 aliphatic heterocycles. The molecule has 0 spiro atoms. The molecule has 0 amide bonds. The van der Waals surface area contributed by atoms with Crippen molar-refractivity contribution >= 4 is 0 Å². The molecule has 1 saturated carbocycles. The van der Waals surface area contributed by atoms with Crippen molar-refractivity contribution < 1.29 is 5.11 Å². The molecule has 60 valence electrons. The Balaban J connectivity index is 2.10. The van der Waals surface area contributed by atoms with E-state index in [1.165, 1.54) is 19.3 Å². The maximum Gasteiger partial charge on any atom is 0.0691 e. The minimum atomic E-state index is -0.273. The third-order valence-electron chi connectivity index (χ3n) is 2.41. The summed E-state index contributed by atoms with van der Waals surface area (Å²) in [6, 6.07) is -0.0550. The molecular weight excluding hydrogens is 126 g/mol. The van der Waals surface area contributed by atoms with Crippen LogP contribution < -0.4 is 5.73 Å². The molecule has 0 saturated heterocycles. The lowest BCUT2D eigenvalue weighted by atomic mass is 9.80. The van der Waals surface area contributed by atoms with Crippen LogP contribution in [0.15, 0.2) is 0 Å². The second-order valence-electron chi connectivity index (χ2n) is 3.46. The summed E-state index contributed by atoms with van der Waals surface area (Å²) in [6.45, 7) is 1.86. The molecule has 3 N–H and O–H groups in total. The van der Waals surface area contributed by atoms with Crippen molar-refractivity contribution in [1.82, 2.24) is 0 Å². The smallest absolute Gasteiger partial charge is 0.0691 e. The van der Waals surface area contributed by atoms with Crippen LogP contribution in [0.25, 0.3) is 0 Å². The number of aliphatic hydroxyl groups excluding tert-OH is 1. The van der Waals surface area contributed by atoms with Gasteiger partial charge in [-0.15, -0.1) is 0 Å². The van der Waals surface area contributed by atoms with Gasteiger partial charge in [-0.05, 0) is 19.3 Å². The maximum absolute atomic E-state index is 9.34. The second-order valence-corrected chi connectivity index (χ2v) is 3.46. The average molecular weight is 143 g/mol. The Hall–Kier alpha value is -0.0800. The van der Waals surface area contributed by atoms with Crippen LogP contribution in [0.4, 0.5) is 0 Å². The Morgan fingerprint density at radius 2 is 2.20 bits per heavy atom. The molecule has 2 atom stereocenters. The van der Waals surface area contributed by atoms with Crippen LogP contribution in [-0.4, -0.2) is 17.3 Å². The van der Waals surface area contributed by atoms with Gasteiger partial charge in [0.15, 0.2) is 0 Å². The average Bonchev–Trinajstić information content (AvgIpc) is 1.77. The summed E-state index contributed by atoms with van der Waals surface area (Å²) >= 11 is 0. The summed E-state index contributed by atoms with van der Waals surface area (Å²) in [6.07, 6.45) is 4.58. The number of aliphatic hydroxyl groups is 1. The molecule has 2 nitrogen and oxygen atoms in total. The first-order valence-corrected chi connectivity index (χ1v) is 4.14. The van der Waals surface area contributed by atoms with Crippen molar-refractivity contribution in [2.45, 2.75) is 44.8 Å². The van der Waals surface area contributed by atoms with Crippen molar-refractivity contribution in [3.05, 3.63) is 0 Å². The van der Waals surface area contributed by atoms with Crippen LogP contribution in [0.1, 0.15) is 32.6 Å². The standard InChI is InChI=1S/C8H17NO/c1-6(9)8(10)5-7-3-2-4-7/h6-8,10H,2-5,9H2,1H3/t6-,8+/m1/s1. The highest BCUT2D eigenvalue weighted by Gasteiger charge is 2.22. The van der Waals surface area contributed by atoms with Gasteiger partial charge >= 0.3 is 0 Å². The van der Waals surface area contributed by atoms with Gasteiger partial charge < -0.3 is 10.8 Å². The zero-order chi connectivity index (χ0) is 7.56. The van der Waals surface area contributed by atoms with Gasteiger partial charge in [-0.25, -0.2) is 0 Å². The predicted octanol–water partition coefficient (Wildman–Crippen LogP) is 0.885. The highest BCUT2D eigenvalue weighted by atomic mass is 16.3. The van der Waals surface area contributed by atoms with Gasteiger partial charge in [0.05, 0.1) is 6.10 Å². The van der Waals surface area contributed by atoms with Crippen molar-refractivity contribution in [2.24, 2.45) is 11.7 Å². The summed E-state index contributed by atoms with van der Waals surface area (Å²) in [5.41, 5.74) is 5.51. The highest BCUT2D eigenvalue weighted by molar-refractivity contribution is 4.76. The van der Waals surface area contributed by atoms with E-state index in [1.54, 1.807) is 0 Å². The van der Waals surface area contributed by atoms with Crippen molar-refractivity contribution in [2.75, 3.05) is 0 Å². The van der Waals surface area contributed by atoms with E-state index < -0.39 is 0 Å². The lowest BCUT2D eigenvalue weighted by Crippen LogP contribution is -2.34. The zero-order valence-electron chi connectivity index (χ0n) is 6.59. The zero-order valence-corrected chi connectivity index (χ0v) is 6.59. The summed E-state index contributed by atoms with van der Waals surface area (Å²) < 4.78 is 0. The molecule has 0 heterocycles. The number of hydrogen-bond acceptors (Lipinski definition) is 2. The Morgan fingerprint density at radius 3 is 2.50 bits per heavy atom. The van der Waals surface area contributed by atoms with E-state index in [0.29, 0.717) is 0 Å². The lowest BCUT2D eigenvalue weighted by Gasteiger charge is -2.28. The van der Waals surface area contributed by atoms with E-state index in [-0.39, 0.29) is 12.1 Å². The first-order valence-electron chi connectivity index (χ1n) is 4.14. The molecule has 1 rings (SSSR count). The predicted molar refractivity (Wildman–Crippen MR) is 41.6 cm³/mol. The first kappa shape index (κ1) is 8.02. The number of nitrogens with two attached hydrogens (primary N) is 1. The van der Waals surface area contributed by atoms with Gasteiger partial charge in [0.2, 0.25) is 0 Å². The van der Waals surface area contributed by atoms with Crippen LogP contribution in [-0.2, 0) is 0 Å². The van der Waals surface area contributed by atoms with E-state index >= 15 is 0 Å². The minimum absolute atomic E-state index is 0.0550. The molecule has 0 aromatic heterocycles. The monoisotopic (exact) mass is 143 g/mol. The van der Waals surface area contributed by atoms with Crippen LogP contribution in [0.5, 0.6) is 0 Å². The summed E-state index contributed by atoms with van der Waals surface area (Å²) in [5.74, 6) is 0.765. The van der Waals surface area contributed by atoms with Crippen molar-refractivity contribution in [3.63, 3.8) is 0 Å². The molecule has 0 bridgehead atoms. The fourth-order valence-corrected chi connectivity index (χ4v) is 1.28. The number of hydrogen-bond donors (Lipinski definition) is 2. The van der Waals surface area contributed by atoms with Crippen LogP contribution in [0.3, 0.4) is 0 Å². The molecule has 0 aromatic carbocycles. The van der Waals surface area contributed by atoms with Gasteiger partial charge in [0, 0.05) is 6.04 Å². The van der Waals surface area contributed by atoms with Gasteiger partial charge in [-0.1, -0.05) is 19.3 Å². The van der Waals surface area contributed by atoms with Crippen LogP contribution >= 0.6 is 0 Å². The van der Waals surface area contributed by atoms with E-state index in [2.05, 4.69) is 0 Å². The normalized spacial score (nSPS) is 25.5. The van der Waals surface area contributed by atoms with Crippen LogP contribution in [0, 0.1) is 5.92 Å². The Bertz CT molecular complexity index is 99.4. The second kappa shape index (κ2) is 3.35. The number of rotatable bonds is 3. The fourth-order valence-electron chi connectivity index (χ4n) is 1.28. The highest BCUT2D eigenvalue weighted by Crippen LogP contribution is 2.30. The van der Waals surface area contributed by atoms with Gasteiger partial charge in [0.25, 0.3) is 0 Å². The Morgan fingerprint density at radius 1 is 1.60 bits per heavy atom. The van der Waals surface area contributed by atoms with E-state index in [9.17, 15) is 5.11 Å². The molecular formula is C8H17NO. The molecule has 0 radical (unpaired) electrons. The lowest BCUT2D eigenvalue weighted by molar-refractivity contribution is 0.0996. The molecule has 1 fully saturated rings. The largest absolute Gasteiger partial charge is 0.392 e. The van der Waals surface area contributed by atoms with Crippen molar-refractivity contribution in [3.8, 4) is 0 Å². The summed E-state index contributed by atoms with van der Waals surface area (Å²) in [7, 11) is 0. The third-order valence-corrected chi connectivity index (χ3v) is 2.41. The molecule has 2 heteroatoms. The summed E-state index contributed by atoms with van der Waals surface area (Å²) in [5, 5.41) is 9.34. The molecule has 0 unspecified atom stereocenters. The summed E-state index contributed by atoms with van der Waals surface area (Å²) in [4.78, 5) is 0. The molecule has 1 aliphatic rings. The van der Waals surface area contributed by atoms with Gasteiger partial charge in [-0.3, -0.25) is 0 Å². The topological polar surface area (TPSA) is 46.2 Å². The maximum atomic E-state index is 9.34. The molecule has 1 aliphatic carbocycles. The van der Waals surface area contributed by atoms with E-state index in [0.717, 1.165) is 12.3 Å². The minimum Gasteiger partial charge on any atom is -0.392 e. The molecule has 0 aromatic rings. The SMILES string of the molecule is C[C@@H](N)[C@@H](O)CC1CCC1. The van der Waals surface area contributed by atoms with Gasteiger partial charge in [0.1, 0.15) is 0 Å². The van der Waals surface area contributed by atoms with E-state index in [1.807, 2.05) is 6.92 Å². The quantitative estimate of drug-likeness (QED) is 0.616. The Labute approximate surface area is 62.4 Å². The van der Waals surface area contributed by atoms with Crippen LogP contribution in [0.2, 0.25) is 0 Å². The fraction of sp³-hybridized carbons (Fsp3) is 1.00. The van der Waals surface area contributed by atoms with Crippen molar-refractivity contribution in [1.29, 1.82) is 0 Å². The Kier molecular flexibility index (Phi) is 2.69. The first-order chi connectivity index (χ1) is 4.70. The van der Waals surface area contributed by atoms with Gasteiger partial charge in [-0.2, -0.15) is 0 Å². The molecule has 10 heavy (non-hydrogen) atoms. The third kappa shape index (κ3) is 1.96. The van der Waals surface area contributed by atoms with E-state index in [4.69, 9.17) is 5.73 Å².